The van der Waals surface area contributed by atoms with Gasteiger partial charge >= 0.3 is 0 Å². The summed E-state index contributed by atoms with van der Waals surface area (Å²) in [7, 11) is 0. The first-order valence-corrected chi connectivity index (χ1v) is 11.1. The third-order valence-corrected chi connectivity index (χ3v) is 6.56. The van der Waals surface area contributed by atoms with Crippen LogP contribution < -0.4 is 10.9 Å². The summed E-state index contributed by atoms with van der Waals surface area (Å²) >= 11 is 3.50. The molecular formula is C22H25BrFN5O2. The van der Waals surface area contributed by atoms with Crippen LogP contribution in [0.3, 0.4) is 0 Å². The lowest BCUT2D eigenvalue weighted by molar-refractivity contribution is 0.0385. The number of pyridine rings is 3. The molecule has 0 aromatic carbocycles. The summed E-state index contributed by atoms with van der Waals surface area (Å²) in [4.78, 5) is 22.9. The fourth-order valence-electron chi connectivity index (χ4n) is 3.94. The monoisotopic (exact) mass is 489 g/mol. The van der Waals surface area contributed by atoms with E-state index in [2.05, 4.69) is 36.1 Å². The zero-order valence-electron chi connectivity index (χ0n) is 17.3. The summed E-state index contributed by atoms with van der Waals surface area (Å²) < 4.78 is 16.2. The summed E-state index contributed by atoms with van der Waals surface area (Å²) in [6, 6.07) is 6.44. The molecule has 4 rings (SSSR count). The van der Waals surface area contributed by atoms with Crippen molar-refractivity contribution in [3.63, 3.8) is 0 Å². The first-order chi connectivity index (χ1) is 14.9. The lowest BCUT2D eigenvalue weighted by Crippen LogP contribution is -2.53. The van der Waals surface area contributed by atoms with Gasteiger partial charge in [-0.25, -0.2) is 4.39 Å². The van der Waals surface area contributed by atoms with Gasteiger partial charge in [-0.2, -0.15) is 0 Å². The number of halogens is 2. The van der Waals surface area contributed by atoms with Gasteiger partial charge in [0.25, 0.3) is 5.56 Å². The second kappa shape index (κ2) is 9.52. The van der Waals surface area contributed by atoms with Crippen LogP contribution in [0.2, 0.25) is 0 Å². The Morgan fingerprint density at radius 3 is 2.87 bits per heavy atom. The number of hydrogen-bond donors (Lipinski definition) is 2. The normalized spacial score (nSPS) is 19.7. The van der Waals surface area contributed by atoms with Crippen molar-refractivity contribution in [1.82, 2.24) is 24.8 Å². The van der Waals surface area contributed by atoms with E-state index in [1.165, 1.54) is 12.1 Å². The number of β-amino-alcohol motifs (C(OH)–C–C–N with tert-alkyl or cyclic N) is 1. The summed E-state index contributed by atoms with van der Waals surface area (Å²) in [5.41, 5.74) is 2.89. The molecule has 1 aliphatic heterocycles. The predicted octanol–water partition coefficient (Wildman–Crippen LogP) is 2.23. The molecule has 0 bridgehead atoms. The van der Waals surface area contributed by atoms with Crippen LogP contribution in [0.1, 0.15) is 17.7 Å². The summed E-state index contributed by atoms with van der Waals surface area (Å²) in [6.07, 6.45) is 3.27. The number of likely N-dealkylation sites (tertiary alicyclic amines) is 1. The van der Waals surface area contributed by atoms with Crippen LogP contribution in [-0.4, -0.2) is 56.3 Å². The number of rotatable bonds is 6. The fraction of sp³-hybridized carbons (Fsp3) is 0.409. The maximum Gasteiger partial charge on any atom is 0.251 e. The van der Waals surface area contributed by atoms with Gasteiger partial charge in [-0.3, -0.25) is 19.7 Å². The minimum Gasteiger partial charge on any atom is -0.390 e. The van der Waals surface area contributed by atoms with Crippen molar-refractivity contribution in [2.24, 2.45) is 0 Å². The van der Waals surface area contributed by atoms with Crippen LogP contribution in [0.15, 0.2) is 45.9 Å². The lowest BCUT2D eigenvalue weighted by Gasteiger charge is -2.36. The number of piperidine rings is 1. The Morgan fingerprint density at radius 2 is 2.10 bits per heavy atom. The van der Waals surface area contributed by atoms with Crippen molar-refractivity contribution in [3.8, 4) is 0 Å². The van der Waals surface area contributed by atoms with Crippen LogP contribution in [0.25, 0.3) is 11.0 Å². The Morgan fingerprint density at radius 1 is 1.26 bits per heavy atom. The largest absolute Gasteiger partial charge is 0.390 e. The topological polar surface area (TPSA) is 83.3 Å². The SMILES string of the molecule is Cc1ncc(CN[C@H]2CCN(CCn3c(=O)ccc4ncc(F)cc43)C[C@H]2O)cc1Br. The van der Waals surface area contributed by atoms with Crippen LogP contribution in [-0.2, 0) is 13.1 Å². The molecule has 2 atom stereocenters. The van der Waals surface area contributed by atoms with E-state index in [9.17, 15) is 14.3 Å². The first kappa shape index (κ1) is 22.0. The van der Waals surface area contributed by atoms with E-state index in [1.54, 1.807) is 10.6 Å². The molecule has 0 unspecified atom stereocenters. The van der Waals surface area contributed by atoms with Crippen molar-refractivity contribution in [2.75, 3.05) is 19.6 Å². The van der Waals surface area contributed by atoms with Gasteiger partial charge in [0.2, 0.25) is 0 Å². The highest BCUT2D eigenvalue weighted by molar-refractivity contribution is 9.10. The van der Waals surface area contributed by atoms with Crippen molar-refractivity contribution in [1.29, 1.82) is 0 Å². The third kappa shape index (κ3) is 5.17. The highest BCUT2D eigenvalue weighted by atomic mass is 79.9. The van der Waals surface area contributed by atoms with Crippen molar-refractivity contribution in [3.05, 3.63) is 68.6 Å². The molecule has 2 N–H and O–H groups in total. The van der Waals surface area contributed by atoms with Crippen LogP contribution in [0.4, 0.5) is 4.39 Å². The van der Waals surface area contributed by atoms with Crippen molar-refractivity contribution >= 4 is 27.0 Å². The van der Waals surface area contributed by atoms with Crippen LogP contribution in [0, 0.1) is 12.7 Å². The van der Waals surface area contributed by atoms with Crippen LogP contribution in [0.5, 0.6) is 0 Å². The standard InChI is InChI=1S/C22H25BrFN5O2/c1-14-17(23)8-15(10-25-14)11-26-19-4-5-28(13-21(19)30)6-7-29-20-9-16(24)12-27-18(20)2-3-22(29)31/h2-3,8-10,12,19,21,26,30H,4-7,11,13H2,1H3/t19-,21+/m0/s1. The van der Waals surface area contributed by atoms with E-state index >= 15 is 0 Å². The molecule has 0 aliphatic carbocycles. The molecule has 0 amide bonds. The lowest BCUT2D eigenvalue weighted by atomic mass is 10.0. The summed E-state index contributed by atoms with van der Waals surface area (Å²) in [5, 5.41) is 14.0. The van der Waals surface area contributed by atoms with E-state index < -0.39 is 11.9 Å². The minimum atomic E-state index is -0.515. The minimum absolute atomic E-state index is 0.00472. The molecule has 1 saturated heterocycles. The van der Waals surface area contributed by atoms with E-state index in [0.717, 1.165) is 34.9 Å². The Labute approximate surface area is 188 Å². The number of aromatic nitrogens is 3. The van der Waals surface area contributed by atoms with Crippen molar-refractivity contribution < 1.29 is 9.50 Å². The number of nitrogens with zero attached hydrogens (tertiary/aromatic N) is 4. The second-order valence-electron chi connectivity index (χ2n) is 7.94. The van der Waals surface area contributed by atoms with E-state index in [1.807, 2.05) is 19.2 Å². The maximum atomic E-state index is 13.6. The third-order valence-electron chi connectivity index (χ3n) is 5.76. The average molecular weight is 490 g/mol. The molecular weight excluding hydrogens is 465 g/mol. The highest BCUT2D eigenvalue weighted by Crippen LogP contribution is 2.17. The van der Waals surface area contributed by atoms with Gasteiger partial charge in [0.1, 0.15) is 5.82 Å². The Kier molecular flexibility index (Phi) is 6.76. The molecule has 7 nitrogen and oxygen atoms in total. The zero-order chi connectivity index (χ0) is 22.0. The number of aryl methyl sites for hydroxylation is 1. The van der Waals surface area contributed by atoms with Gasteiger partial charge in [-0.15, -0.1) is 0 Å². The average Bonchev–Trinajstić information content (AvgIpc) is 2.74. The number of nitrogens with one attached hydrogen (secondary N) is 1. The first-order valence-electron chi connectivity index (χ1n) is 10.3. The molecule has 9 heteroatoms. The molecule has 1 fully saturated rings. The molecule has 0 radical (unpaired) electrons. The molecule has 3 aromatic rings. The van der Waals surface area contributed by atoms with Gasteiger partial charge in [-0.05, 0) is 53.5 Å². The van der Waals surface area contributed by atoms with Crippen LogP contribution >= 0.6 is 15.9 Å². The molecule has 1 aliphatic rings. The van der Waals surface area contributed by atoms with Crippen molar-refractivity contribution in [2.45, 2.75) is 38.6 Å². The number of hydrogen-bond acceptors (Lipinski definition) is 6. The molecule has 4 heterocycles. The van der Waals surface area contributed by atoms with Gasteiger partial charge < -0.3 is 15.0 Å². The summed E-state index contributed by atoms with van der Waals surface area (Å²) in [5.74, 6) is -0.468. The number of aliphatic hydroxyl groups is 1. The summed E-state index contributed by atoms with van der Waals surface area (Å²) in [6.45, 7) is 4.90. The zero-order valence-corrected chi connectivity index (χ0v) is 18.8. The van der Waals surface area contributed by atoms with E-state index in [4.69, 9.17) is 0 Å². The maximum absolute atomic E-state index is 13.6. The second-order valence-corrected chi connectivity index (χ2v) is 8.79. The van der Waals surface area contributed by atoms with E-state index in [0.29, 0.717) is 37.2 Å². The highest BCUT2D eigenvalue weighted by Gasteiger charge is 2.27. The Balaban J connectivity index is 1.34. The molecule has 3 aromatic heterocycles. The van der Waals surface area contributed by atoms with Gasteiger partial charge in [-0.1, -0.05) is 0 Å². The Hall–Kier alpha value is -2.20. The predicted molar refractivity (Wildman–Crippen MR) is 120 cm³/mol. The molecule has 0 saturated carbocycles. The van der Waals surface area contributed by atoms with Gasteiger partial charge in [0.15, 0.2) is 0 Å². The molecule has 31 heavy (non-hydrogen) atoms. The molecule has 164 valence electrons. The molecule has 0 spiro atoms. The Bertz CT molecular complexity index is 1140. The number of aliphatic hydroxyl groups excluding tert-OH is 1. The fourth-order valence-corrected chi connectivity index (χ4v) is 4.34. The smallest absolute Gasteiger partial charge is 0.251 e. The quantitative estimate of drug-likeness (QED) is 0.552. The van der Waals surface area contributed by atoms with Gasteiger partial charge in [0, 0.05) is 55.0 Å². The van der Waals surface area contributed by atoms with Gasteiger partial charge in [0.05, 0.1) is 29.0 Å². The number of fused-ring (bicyclic) bond motifs is 1. The van der Waals surface area contributed by atoms with E-state index in [-0.39, 0.29) is 11.6 Å².